The van der Waals surface area contributed by atoms with Gasteiger partial charge in [0.15, 0.2) is 16.3 Å². The molecule has 228 valence electrons. The Morgan fingerprint density at radius 2 is 1.70 bits per heavy atom. The number of hydrogen-bond donors (Lipinski definition) is 0. The second-order valence-electron chi connectivity index (χ2n) is 10.3. The Bertz CT molecular complexity index is 2160. The average molecular weight is 628 g/mol. The van der Waals surface area contributed by atoms with Crippen molar-refractivity contribution in [3.8, 4) is 17.6 Å². The van der Waals surface area contributed by atoms with Crippen molar-refractivity contribution in [1.82, 2.24) is 4.57 Å². The van der Waals surface area contributed by atoms with Gasteiger partial charge in [0, 0.05) is 16.7 Å². The van der Waals surface area contributed by atoms with Crippen LogP contribution in [0.2, 0.25) is 0 Å². The highest BCUT2D eigenvalue weighted by Gasteiger charge is 2.35. The molecule has 0 N–H and O–H groups in total. The number of carbonyl (C=O) groups is 1. The Morgan fingerprint density at radius 3 is 2.41 bits per heavy atom. The van der Waals surface area contributed by atoms with Crippen molar-refractivity contribution in [3.63, 3.8) is 0 Å². The molecule has 1 aromatic heterocycles. The van der Waals surface area contributed by atoms with Gasteiger partial charge in [-0.25, -0.2) is 9.79 Å². The van der Waals surface area contributed by atoms with Gasteiger partial charge in [0.1, 0.15) is 6.61 Å². The topological polar surface area (TPSA) is 103 Å². The van der Waals surface area contributed by atoms with Crippen molar-refractivity contribution in [2.75, 3.05) is 13.7 Å². The lowest BCUT2D eigenvalue weighted by Gasteiger charge is -2.25. The van der Waals surface area contributed by atoms with E-state index in [1.165, 1.54) is 11.3 Å². The number of ether oxygens (including phenoxy) is 3. The fraction of sp³-hybridized carbons (Fsp3) is 0.135. The molecule has 0 bridgehead atoms. The number of aromatic nitrogens is 1. The first kappa shape index (κ1) is 30.3. The third kappa shape index (κ3) is 5.86. The largest absolute Gasteiger partial charge is 0.493 e. The van der Waals surface area contributed by atoms with Crippen LogP contribution in [0.3, 0.4) is 0 Å². The molecule has 0 spiro atoms. The molecule has 0 radical (unpaired) electrons. The predicted molar refractivity (Wildman–Crippen MR) is 176 cm³/mol. The summed E-state index contributed by atoms with van der Waals surface area (Å²) in [6.45, 7) is 2.05. The molecule has 4 aromatic carbocycles. The van der Waals surface area contributed by atoms with Crippen LogP contribution >= 0.6 is 11.3 Å². The Morgan fingerprint density at radius 1 is 0.978 bits per heavy atom. The summed E-state index contributed by atoms with van der Waals surface area (Å²) in [6.07, 6.45) is 1.75. The van der Waals surface area contributed by atoms with E-state index in [0.29, 0.717) is 43.2 Å². The maximum absolute atomic E-state index is 14.3. The first-order valence-corrected chi connectivity index (χ1v) is 15.5. The standard InChI is InChI=1S/C37H29N3O5S/c1-3-44-36(42)31-32(24-13-6-4-7-14-24)39-37-40(33(31)25-15-8-5-9-16-25)35(41)30(46-37)21-26-19-12-20-29(43-2)34(26)45-23-28-18-11-10-17-27(28)22-38/h4-21,33H,3,23H2,1-2H3/b30-21-/t33-/m1/s1. The van der Waals surface area contributed by atoms with Gasteiger partial charge in [-0.1, -0.05) is 102 Å². The zero-order valence-corrected chi connectivity index (χ0v) is 26.0. The molecule has 8 nitrogen and oxygen atoms in total. The van der Waals surface area contributed by atoms with Crippen molar-refractivity contribution in [2.24, 2.45) is 4.99 Å². The molecule has 1 atom stereocenters. The number of thiazole rings is 1. The number of rotatable bonds is 9. The lowest BCUT2D eigenvalue weighted by molar-refractivity contribution is -0.138. The van der Waals surface area contributed by atoms with E-state index in [4.69, 9.17) is 19.2 Å². The van der Waals surface area contributed by atoms with Crippen molar-refractivity contribution >= 4 is 29.1 Å². The van der Waals surface area contributed by atoms with Crippen molar-refractivity contribution < 1.29 is 19.0 Å². The SMILES string of the molecule is CCOC(=O)C1=C(c2ccccc2)N=c2s/c(=C\c3cccc(OC)c3OCc3ccccc3C#N)c(=O)n2[C@@H]1c1ccccc1. The van der Waals surface area contributed by atoms with E-state index in [9.17, 15) is 14.9 Å². The van der Waals surface area contributed by atoms with Crippen molar-refractivity contribution in [1.29, 1.82) is 5.26 Å². The molecule has 0 saturated heterocycles. The molecule has 2 heterocycles. The number of methoxy groups -OCH3 is 1. The van der Waals surface area contributed by atoms with Gasteiger partial charge >= 0.3 is 5.97 Å². The molecule has 0 saturated carbocycles. The third-order valence-electron chi connectivity index (χ3n) is 7.51. The van der Waals surface area contributed by atoms with E-state index in [-0.39, 0.29) is 18.8 Å². The summed E-state index contributed by atoms with van der Waals surface area (Å²) in [6, 6.07) is 32.9. The monoisotopic (exact) mass is 627 g/mol. The fourth-order valence-corrected chi connectivity index (χ4v) is 6.39. The third-order valence-corrected chi connectivity index (χ3v) is 8.50. The summed E-state index contributed by atoms with van der Waals surface area (Å²) in [5.74, 6) is 0.379. The zero-order chi connectivity index (χ0) is 32.0. The first-order valence-electron chi connectivity index (χ1n) is 14.6. The Hall–Kier alpha value is -5.72. The molecular formula is C37H29N3O5S. The second kappa shape index (κ2) is 13.5. The van der Waals surface area contributed by atoms with E-state index < -0.39 is 12.0 Å². The molecule has 0 fully saturated rings. The molecule has 1 aliphatic heterocycles. The van der Waals surface area contributed by atoms with E-state index in [0.717, 1.165) is 16.7 Å². The Labute approximate surface area is 269 Å². The lowest BCUT2D eigenvalue weighted by atomic mass is 9.93. The number of esters is 1. The highest BCUT2D eigenvalue weighted by atomic mass is 32.1. The fourth-order valence-electron chi connectivity index (χ4n) is 5.40. The average Bonchev–Trinajstić information content (AvgIpc) is 3.41. The predicted octanol–water partition coefficient (Wildman–Crippen LogP) is 5.39. The quantitative estimate of drug-likeness (QED) is 0.203. The molecule has 6 rings (SSSR count). The summed E-state index contributed by atoms with van der Waals surface area (Å²) in [5.41, 5.74) is 3.79. The second-order valence-corrected chi connectivity index (χ2v) is 11.3. The number of hydrogen-bond acceptors (Lipinski definition) is 8. The Balaban J connectivity index is 1.54. The number of benzene rings is 4. The van der Waals surface area contributed by atoms with E-state index in [1.54, 1.807) is 42.9 Å². The van der Waals surface area contributed by atoms with E-state index in [1.807, 2.05) is 84.9 Å². The van der Waals surface area contributed by atoms with Crippen LogP contribution in [-0.4, -0.2) is 24.3 Å². The van der Waals surface area contributed by atoms with Gasteiger partial charge < -0.3 is 14.2 Å². The molecule has 1 aliphatic rings. The molecular weight excluding hydrogens is 598 g/mol. The highest BCUT2D eigenvalue weighted by molar-refractivity contribution is 7.07. The maximum Gasteiger partial charge on any atom is 0.338 e. The minimum atomic E-state index is -0.766. The number of para-hydroxylation sites is 1. The summed E-state index contributed by atoms with van der Waals surface area (Å²) >= 11 is 1.23. The van der Waals surface area contributed by atoms with E-state index in [2.05, 4.69) is 6.07 Å². The van der Waals surface area contributed by atoms with Crippen LogP contribution in [0.5, 0.6) is 11.5 Å². The summed E-state index contributed by atoms with van der Waals surface area (Å²) in [4.78, 5) is 33.3. The van der Waals surface area contributed by atoms with Crippen LogP contribution in [0.25, 0.3) is 11.8 Å². The maximum atomic E-state index is 14.3. The molecule has 9 heteroatoms. The van der Waals surface area contributed by atoms with Gasteiger partial charge in [0.2, 0.25) is 0 Å². The highest BCUT2D eigenvalue weighted by Crippen LogP contribution is 2.36. The number of carbonyl (C=O) groups excluding carboxylic acids is 1. The zero-order valence-electron chi connectivity index (χ0n) is 25.2. The normalized spacial score (nSPS) is 14.2. The minimum absolute atomic E-state index is 0.129. The van der Waals surface area contributed by atoms with Crippen molar-refractivity contribution in [2.45, 2.75) is 19.6 Å². The van der Waals surface area contributed by atoms with Crippen LogP contribution in [-0.2, 0) is 16.1 Å². The van der Waals surface area contributed by atoms with Crippen LogP contribution < -0.4 is 24.4 Å². The van der Waals surface area contributed by atoms with Gasteiger partial charge in [-0.2, -0.15) is 5.26 Å². The van der Waals surface area contributed by atoms with Crippen LogP contribution in [0, 0.1) is 11.3 Å². The van der Waals surface area contributed by atoms with Crippen LogP contribution in [0.15, 0.2) is 118 Å². The van der Waals surface area contributed by atoms with Crippen LogP contribution in [0.4, 0.5) is 0 Å². The van der Waals surface area contributed by atoms with Crippen molar-refractivity contribution in [3.05, 3.63) is 156 Å². The summed E-state index contributed by atoms with van der Waals surface area (Å²) in [5, 5.41) is 9.54. The molecule has 0 unspecified atom stereocenters. The van der Waals surface area contributed by atoms with Gasteiger partial charge in [-0.3, -0.25) is 9.36 Å². The van der Waals surface area contributed by atoms with Gasteiger partial charge in [0.25, 0.3) is 5.56 Å². The molecule has 46 heavy (non-hydrogen) atoms. The van der Waals surface area contributed by atoms with Gasteiger partial charge in [0.05, 0.1) is 47.2 Å². The van der Waals surface area contributed by atoms with E-state index >= 15 is 0 Å². The Kier molecular flexibility index (Phi) is 8.90. The molecule has 0 amide bonds. The van der Waals surface area contributed by atoms with Crippen LogP contribution in [0.1, 0.15) is 40.8 Å². The van der Waals surface area contributed by atoms with Gasteiger partial charge in [-0.15, -0.1) is 0 Å². The summed E-state index contributed by atoms with van der Waals surface area (Å²) < 4.78 is 19.3. The van der Waals surface area contributed by atoms with Gasteiger partial charge in [-0.05, 0) is 30.7 Å². The molecule has 5 aromatic rings. The number of fused-ring (bicyclic) bond motifs is 1. The number of nitriles is 1. The molecule has 0 aliphatic carbocycles. The lowest BCUT2D eigenvalue weighted by Crippen LogP contribution is -2.40. The number of nitrogens with zero attached hydrogens (tertiary/aromatic N) is 3. The summed E-state index contributed by atoms with van der Waals surface area (Å²) in [7, 11) is 1.55. The smallest absolute Gasteiger partial charge is 0.338 e. The minimum Gasteiger partial charge on any atom is -0.493 e. The first-order chi connectivity index (χ1) is 22.5.